The van der Waals surface area contributed by atoms with Crippen LogP contribution < -0.4 is 5.73 Å². The smallest absolute Gasteiger partial charge is 0.259 e. The standard InChI is InChI=1S/C19H26N4O2/c1-19(2,3)9-15-16-13(18(24)23-7-6-12(20)10-23)8-14(11-4-5-11)21-17(16)25-22-15/h8,11-12H,4-7,9-10,20H2,1-3H3/t12-/m1/s1. The van der Waals surface area contributed by atoms with Crippen molar-refractivity contribution in [3.8, 4) is 0 Å². The zero-order valence-electron chi connectivity index (χ0n) is 15.2. The van der Waals surface area contributed by atoms with E-state index >= 15 is 0 Å². The lowest BCUT2D eigenvalue weighted by Gasteiger charge is -2.19. The van der Waals surface area contributed by atoms with Crippen LogP contribution >= 0.6 is 0 Å². The molecule has 0 bridgehead atoms. The summed E-state index contributed by atoms with van der Waals surface area (Å²) >= 11 is 0. The summed E-state index contributed by atoms with van der Waals surface area (Å²) in [6.45, 7) is 7.78. The van der Waals surface area contributed by atoms with Crippen molar-refractivity contribution in [3.63, 3.8) is 0 Å². The monoisotopic (exact) mass is 342 g/mol. The van der Waals surface area contributed by atoms with E-state index in [1.807, 2.05) is 11.0 Å². The van der Waals surface area contributed by atoms with Crippen LogP contribution in [0.1, 0.15) is 67.7 Å². The van der Waals surface area contributed by atoms with Crippen LogP contribution in [0, 0.1) is 5.41 Å². The molecule has 1 saturated heterocycles. The van der Waals surface area contributed by atoms with Gasteiger partial charge in [-0.2, -0.15) is 0 Å². The molecule has 2 fully saturated rings. The number of nitrogens with zero attached hydrogens (tertiary/aromatic N) is 3. The van der Waals surface area contributed by atoms with Crippen LogP contribution in [0.5, 0.6) is 0 Å². The van der Waals surface area contributed by atoms with E-state index in [-0.39, 0.29) is 17.4 Å². The lowest BCUT2D eigenvalue weighted by molar-refractivity contribution is 0.0792. The van der Waals surface area contributed by atoms with E-state index in [1.165, 1.54) is 0 Å². The van der Waals surface area contributed by atoms with E-state index < -0.39 is 0 Å². The molecule has 0 unspecified atom stereocenters. The summed E-state index contributed by atoms with van der Waals surface area (Å²) in [5, 5.41) is 5.04. The van der Waals surface area contributed by atoms with Gasteiger partial charge in [-0.05, 0) is 37.2 Å². The Bertz CT molecular complexity index is 817. The first-order valence-electron chi connectivity index (χ1n) is 9.16. The van der Waals surface area contributed by atoms with Gasteiger partial charge in [0.25, 0.3) is 11.6 Å². The summed E-state index contributed by atoms with van der Waals surface area (Å²) in [5.41, 5.74) is 9.01. The number of fused-ring (bicyclic) bond motifs is 1. The lowest BCUT2D eigenvalue weighted by atomic mass is 9.89. The summed E-state index contributed by atoms with van der Waals surface area (Å²) in [7, 11) is 0. The Kier molecular flexibility index (Phi) is 3.83. The Labute approximate surface area is 147 Å². The number of hydrogen-bond acceptors (Lipinski definition) is 5. The highest BCUT2D eigenvalue weighted by Crippen LogP contribution is 2.41. The van der Waals surface area contributed by atoms with E-state index in [0.29, 0.717) is 30.3 Å². The molecule has 0 aromatic carbocycles. The highest BCUT2D eigenvalue weighted by molar-refractivity contribution is 6.06. The molecule has 0 radical (unpaired) electrons. The quantitative estimate of drug-likeness (QED) is 0.927. The molecule has 2 N–H and O–H groups in total. The van der Waals surface area contributed by atoms with Gasteiger partial charge in [0.2, 0.25) is 0 Å². The van der Waals surface area contributed by atoms with Crippen molar-refractivity contribution in [3.05, 3.63) is 23.0 Å². The van der Waals surface area contributed by atoms with Crippen LogP contribution in [0.15, 0.2) is 10.6 Å². The van der Waals surface area contributed by atoms with E-state index in [9.17, 15) is 4.79 Å². The molecule has 1 atom stereocenters. The van der Waals surface area contributed by atoms with Crippen molar-refractivity contribution in [2.45, 2.75) is 58.4 Å². The van der Waals surface area contributed by atoms with E-state index in [1.54, 1.807) is 0 Å². The van der Waals surface area contributed by atoms with Crippen molar-refractivity contribution in [1.29, 1.82) is 0 Å². The molecular formula is C19H26N4O2. The number of pyridine rings is 1. The third-order valence-electron chi connectivity index (χ3n) is 4.97. The van der Waals surface area contributed by atoms with Crippen molar-refractivity contribution in [1.82, 2.24) is 15.0 Å². The summed E-state index contributed by atoms with van der Waals surface area (Å²) in [6, 6.07) is 2.04. The Morgan fingerprint density at radius 2 is 2.12 bits per heavy atom. The fourth-order valence-corrected chi connectivity index (χ4v) is 3.55. The van der Waals surface area contributed by atoms with Crippen LogP contribution in [0.2, 0.25) is 0 Å². The molecular weight excluding hydrogens is 316 g/mol. The Hall–Kier alpha value is -1.95. The maximum Gasteiger partial charge on any atom is 0.259 e. The molecule has 1 saturated carbocycles. The number of carbonyl (C=O) groups excluding carboxylic acids is 1. The summed E-state index contributed by atoms with van der Waals surface area (Å²) in [5.74, 6) is 0.480. The maximum atomic E-state index is 13.2. The minimum atomic E-state index is 0.0283. The van der Waals surface area contributed by atoms with Gasteiger partial charge >= 0.3 is 0 Å². The summed E-state index contributed by atoms with van der Waals surface area (Å²) in [6.07, 6.45) is 3.85. The molecule has 6 nitrogen and oxygen atoms in total. The Balaban J connectivity index is 1.81. The fraction of sp³-hybridized carbons (Fsp3) is 0.632. The minimum absolute atomic E-state index is 0.0283. The van der Waals surface area contributed by atoms with Crippen LogP contribution in [0.25, 0.3) is 11.1 Å². The number of likely N-dealkylation sites (tertiary alicyclic amines) is 1. The van der Waals surface area contributed by atoms with Crippen molar-refractivity contribution in [2.24, 2.45) is 11.1 Å². The topological polar surface area (TPSA) is 85.2 Å². The molecule has 134 valence electrons. The summed E-state index contributed by atoms with van der Waals surface area (Å²) in [4.78, 5) is 19.7. The average molecular weight is 342 g/mol. The first-order valence-corrected chi connectivity index (χ1v) is 9.16. The first kappa shape index (κ1) is 16.5. The van der Waals surface area contributed by atoms with Crippen molar-refractivity contribution >= 4 is 17.0 Å². The van der Waals surface area contributed by atoms with Gasteiger partial charge in [-0.3, -0.25) is 4.79 Å². The third kappa shape index (κ3) is 3.27. The number of carbonyl (C=O) groups is 1. The summed E-state index contributed by atoms with van der Waals surface area (Å²) < 4.78 is 5.53. The maximum absolute atomic E-state index is 13.2. The molecule has 0 spiro atoms. The molecule has 6 heteroatoms. The minimum Gasteiger partial charge on any atom is -0.337 e. The molecule has 2 aromatic heterocycles. The molecule has 4 rings (SSSR count). The SMILES string of the molecule is CC(C)(C)Cc1noc2nc(C3CC3)cc(C(=O)N3CC[C@@H](N)C3)c12. The second-order valence-electron chi connectivity index (χ2n) is 8.72. The molecule has 2 aromatic rings. The lowest BCUT2D eigenvalue weighted by Crippen LogP contribution is -2.32. The molecule has 1 aliphatic heterocycles. The van der Waals surface area contributed by atoms with E-state index in [0.717, 1.165) is 42.5 Å². The van der Waals surface area contributed by atoms with Crippen molar-refractivity contribution < 1.29 is 9.32 Å². The molecule has 1 amide bonds. The Morgan fingerprint density at radius 3 is 2.72 bits per heavy atom. The van der Waals surface area contributed by atoms with Gasteiger partial charge in [0.05, 0.1) is 16.6 Å². The number of nitrogens with two attached hydrogens (primary N) is 1. The van der Waals surface area contributed by atoms with Gasteiger partial charge in [0.15, 0.2) is 0 Å². The predicted octanol–water partition coefficient (Wildman–Crippen LogP) is 2.86. The average Bonchev–Trinajstić information content (AvgIpc) is 3.19. The highest BCUT2D eigenvalue weighted by Gasteiger charge is 2.32. The molecule has 25 heavy (non-hydrogen) atoms. The second-order valence-corrected chi connectivity index (χ2v) is 8.72. The van der Waals surface area contributed by atoms with Crippen molar-refractivity contribution in [2.75, 3.05) is 13.1 Å². The van der Waals surface area contributed by atoms with E-state index in [2.05, 4.69) is 30.9 Å². The largest absolute Gasteiger partial charge is 0.337 e. The number of amides is 1. The van der Waals surface area contributed by atoms with E-state index in [4.69, 9.17) is 10.3 Å². The van der Waals surface area contributed by atoms with Crippen LogP contribution in [0.3, 0.4) is 0 Å². The normalized spacial score (nSPS) is 21.3. The van der Waals surface area contributed by atoms with Crippen LogP contribution in [-0.2, 0) is 6.42 Å². The fourth-order valence-electron chi connectivity index (χ4n) is 3.55. The molecule has 2 aliphatic rings. The van der Waals surface area contributed by atoms with Crippen LogP contribution in [0.4, 0.5) is 0 Å². The van der Waals surface area contributed by atoms with Gasteiger partial charge < -0.3 is 15.2 Å². The zero-order valence-corrected chi connectivity index (χ0v) is 15.2. The van der Waals surface area contributed by atoms with Gasteiger partial charge in [0, 0.05) is 30.7 Å². The first-order chi connectivity index (χ1) is 11.8. The molecule has 1 aliphatic carbocycles. The number of aromatic nitrogens is 2. The molecule has 3 heterocycles. The zero-order chi connectivity index (χ0) is 17.8. The van der Waals surface area contributed by atoms with Gasteiger partial charge in [0.1, 0.15) is 0 Å². The second kappa shape index (κ2) is 5.80. The van der Waals surface area contributed by atoms with Gasteiger partial charge in [-0.25, -0.2) is 4.98 Å². The number of rotatable bonds is 3. The van der Waals surface area contributed by atoms with Crippen LogP contribution in [-0.4, -0.2) is 40.1 Å². The highest BCUT2D eigenvalue weighted by atomic mass is 16.5. The predicted molar refractivity (Wildman–Crippen MR) is 95.4 cm³/mol. The number of hydrogen-bond donors (Lipinski definition) is 1. The third-order valence-corrected chi connectivity index (χ3v) is 4.97. The van der Waals surface area contributed by atoms with Gasteiger partial charge in [-0.1, -0.05) is 25.9 Å². The van der Waals surface area contributed by atoms with Gasteiger partial charge in [-0.15, -0.1) is 0 Å². The Morgan fingerprint density at radius 1 is 1.36 bits per heavy atom.